The van der Waals surface area contributed by atoms with Crippen molar-refractivity contribution in [1.29, 1.82) is 0 Å². The predicted octanol–water partition coefficient (Wildman–Crippen LogP) is 0.372. The van der Waals surface area contributed by atoms with E-state index in [4.69, 9.17) is 5.73 Å². The summed E-state index contributed by atoms with van der Waals surface area (Å²) in [6, 6.07) is -4.27. The number of carbonyl (C=O) groups is 4. The third-order valence-electron chi connectivity index (χ3n) is 4.79. The summed E-state index contributed by atoms with van der Waals surface area (Å²) in [7, 11) is 0. The zero-order chi connectivity index (χ0) is 25.2. The van der Waals surface area contributed by atoms with Crippen molar-refractivity contribution in [3.05, 3.63) is 0 Å². The molecular formula is C22H42N4O6. The first-order valence-electron chi connectivity index (χ1n) is 11.2. The van der Waals surface area contributed by atoms with Gasteiger partial charge in [-0.15, -0.1) is 0 Å². The van der Waals surface area contributed by atoms with Crippen LogP contribution in [0.1, 0.15) is 67.7 Å². The minimum Gasteiger partial charge on any atom is -0.480 e. The highest BCUT2D eigenvalue weighted by molar-refractivity contribution is 5.94. The molecule has 3 amide bonds. The Morgan fingerprint density at radius 3 is 1.53 bits per heavy atom. The number of carbonyl (C=O) groups excluding carboxylic acids is 3. The molecule has 5 unspecified atom stereocenters. The summed E-state index contributed by atoms with van der Waals surface area (Å²) in [4.78, 5) is 49.5. The Hall–Kier alpha value is -2.20. The van der Waals surface area contributed by atoms with E-state index in [1.165, 1.54) is 6.92 Å². The molecule has 7 N–H and O–H groups in total. The lowest BCUT2D eigenvalue weighted by atomic mass is 9.99. The quantitative estimate of drug-likeness (QED) is 0.218. The molecule has 10 nitrogen and oxygen atoms in total. The molecule has 32 heavy (non-hydrogen) atoms. The van der Waals surface area contributed by atoms with Gasteiger partial charge in [-0.1, -0.05) is 41.5 Å². The van der Waals surface area contributed by atoms with Crippen LogP contribution in [0.4, 0.5) is 0 Å². The molecule has 0 saturated heterocycles. The molecule has 10 heteroatoms. The number of carboxylic acids is 1. The average molecular weight is 459 g/mol. The van der Waals surface area contributed by atoms with E-state index in [2.05, 4.69) is 16.0 Å². The van der Waals surface area contributed by atoms with Gasteiger partial charge < -0.3 is 31.9 Å². The predicted molar refractivity (Wildman–Crippen MR) is 121 cm³/mol. The molecule has 0 spiro atoms. The van der Waals surface area contributed by atoms with Crippen LogP contribution in [-0.4, -0.2) is 64.2 Å². The largest absolute Gasteiger partial charge is 0.480 e. The summed E-state index contributed by atoms with van der Waals surface area (Å²) < 4.78 is 0. The molecule has 0 aromatic heterocycles. The second-order valence-corrected chi connectivity index (χ2v) is 9.68. The molecule has 5 atom stereocenters. The minimum atomic E-state index is -1.31. The number of rotatable bonds is 14. The first-order chi connectivity index (χ1) is 14.6. The first kappa shape index (κ1) is 29.8. The third kappa shape index (κ3) is 11.4. The number of aliphatic hydroxyl groups is 1. The van der Waals surface area contributed by atoms with Crippen LogP contribution >= 0.6 is 0 Å². The summed E-state index contributed by atoms with van der Waals surface area (Å²) in [5.74, 6) is -2.89. The van der Waals surface area contributed by atoms with Crippen LogP contribution in [0.25, 0.3) is 0 Å². The van der Waals surface area contributed by atoms with Gasteiger partial charge in [0.2, 0.25) is 17.7 Å². The maximum atomic E-state index is 12.8. The van der Waals surface area contributed by atoms with Crippen molar-refractivity contribution in [2.24, 2.45) is 23.5 Å². The van der Waals surface area contributed by atoms with E-state index >= 15 is 0 Å². The van der Waals surface area contributed by atoms with Crippen LogP contribution in [0.5, 0.6) is 0 Å². The molecule has 0 aliphatic rings. The highest BCUT2D eigenvalue weighted by Gasteiger charge is 2.32. The molecule has 0 saturated carbocycles. The molecule has 0 aliphatic heterocycles. The van der Waals surface area contributed by atoms with Gasteiger partial charge in [-0.25, -0.2) is 4.79 Å². The van der Waals surface area contributed by atoms with Crippen molar-refractivity contribution in [3.63, 3.8) is 0 Å². The van der Waals surface area contributed by atoms with Gasteiger partial charge in [-0.3, -0.25) is 14.4 Å². The van der Waals surface area contributed by atoms with E-state index in [0.29, 0.717) is 6.42 Å². The van der Waals surface area contributed by atoms with Gasteiger partial charge in [-0.05, 0) is 43.9 Å². The lowest BCUT2D eigenvalue weighted by molar-refractivity contribution is -0.143. The van der Waals surface area contributed by atoms with Crippen LogP contribution in [0.2, 0.25) is 0 Å². The number of aliphatic hydroxyl groups excluding tert-OH is 1. The van der Waals surface area contributed by atoms with Crippen molar-refractivity contribution in [2.75, 3.05) is 0 Å². The summed E-state index contributed by atoms with van der Waals surface area (Å²) >= 11 is 0. The molecule has 0 aliphatic carbocycles. The highest BCUT2D eigenvalue weighted by atomic mass is 16.4. The molecule has 0 fully saturated rings. The maximum absolute atomic E-state index is 12.8. The number of nitrogens with two attached hydrogens (primary N) is 1. The highest BCUT2D eigenvalue weighted by Crippen LogP contribution is 2.10. The number of nitrogens with one attached hydrogen (secondary N) is 3. The second-order valence-electron chi connectivity index (χ2n) is 9.68. The molecule has 186 valence electrons. The van der Waals surface area contributed by atoms with E-state index in [1.54, 1.807) is 0 Å². The molecular weight excluding hydrogens is 416 g/mol. The zero-order valence-electron chi connectivity index (χ0n) is 20.3. The van der Waals surface area contributed by atoms with Gasteiger partial charge in [-0.2, -0.15) is 0 Å². The topological polar surface area (TPSA) is 171 Å². The van der Waals surface area contributed by atoms with E-state index in [-0.39, 0.29) is 30.6 Å². The van der Waals surface area contributed by atoms with Gasteiger partial charge in [0.15, 0.2) is 0 Å². The van der Waals surface area contributed by atoms with Gasteiger partial charge >= 0.3 is 5.97 Å². The molecule has 0 aromatic carbocycles. The molecule has 0 heterocycles. The molecule has 0 radical (unpaired) electrons. The fourth-order valence-corrected chi connectivity index (χ4v) is 3.21. The summed E-state index contributed by atoms with van der Waals surface area (Å²) in [6.07, 6.45) is -0.339. The van der Waals surface area contributed by atoms with Crippen molar-refractivity contribution < 1.29 is 29.4 Å². The molecule has 0 aromatic rings. The third-order valence-corrected chi connectivity index (χ3v) is 4.79. The van der Waals surface area contributed by atoms with Crippen LogP contribution in [0.15, 0.2) is 0 Å². The Morgan fingerprint density at radius 1 is 0.688 bits per heavy atom. The van der Waals surface area contributed by atoms with Gasteiger partial charge in [0.1, 0.15) is 18.1 Å². The Balaban J connectivity index is 5.42. The zero-order valence-corrected chi connectivity index (χ0v) is 20.3. The smallest absolute Gasteiger partial charge is 0.326 e. The van der Waals surface area contributed by atoms with Crippen LogP contribution in [0, 0.1) is 17.8 Å². The van der Waals surface area contributed by atoms with E-state index in [1.807, 2.05) is 41.5 Å². The summed E-state index contributed by atoms with van der Waals surface area (Å²) in [6.45, 7) is 12.6. The lowest BCUT2D eigenvalue weighted by Crippen LogP contribution is -2.60. The van der Waals surface area contributed by atoms with Crippen molar-refractivity contribution in [1.82, 2.24) is 16.0 Å². The first-order valence-corrected chi connectivity index (χ1v) is 11.2. The standard InChI is InChI=1S/C22H42N4O6/c1-11(2)8-15(23)19(28)26-18(14(7)27)21(30)24-16(9-12(3)4)20(29)25-17(22(31)32)10-13(5)6/h11-18,27H,8-10,23H2,1-7H3,(H,24,30)(H,25,29)(H,26,28)(H,31,32). The number of carboxylic acid groups (broad SMARTS) is 1. The van der Waals surface area contributed by atoms with Crippen molar-refractivity contribution >= 4 is 23.7 Å². The van der Waals surface area contributed by atoms with E-state index in [0.717, 1.165) is 0 Å². The Bertz CT molecular complexity index is 636. The van der Waals surface area contributed by atoms with Crippen molar-refractivity contribution in [2.45, 2.75) is 98.0 Å². The Kier molecular flexibility index (Phi) is 13.1. The summed E-state index contributed by atoms with van der Waals surface area (Å²) in [5.41, 5.74) is 5.86. The maximum Gasteiger partial charge on any atom is 0.326 e. The Labute approximate surface area is 191 Å². The Morgan fingerprint density at radius 2 is 1.12 bits per heavy atom. The summed E-state index contributed by atoms with van der Waals surface area (Å²) in [5, 5.41) is 26.9. The fourth-order valence-electron chi connectivity index (χ4n) is 3.21. The van der Waals surface area contributed by atoms with E-state index in [9.17, 15) is 29.4 Å². The molecule has 0 rings (SSSR count). The molecule has 0 bridgehead atoms. The monoisotopic (exact) mass is 458 g/mol. The van der Waals surface area contributed by atoms with Gasteiger partial charge in [0.25, 0.3) is 0 Å². The average Bonchev–Trinajstić information content (AvgIpc) is 2.62. The number of hydrogen-bond acceptors (Lipinski definition) is 6. The van der Waals surface area contributed by atoms with Gasteiger partial charge in [0, 0.05) is 0 Å². The number of amides is 3. The van der Waals surface area contributed by atoms with E-state index < -0.39 is 54.0 Å². The van der Waals surface area contributed by atoms with Crippen LogP contribution in [-0.2, 0) is 19.2 Å². The number of hydrogen-bond donors (Lipinski definition) is 6. The fraction of sp³-hybridized carbons (Fsp3) is 0.818. The second kappa shape index (κ2) is 14.1. The number of aliphatic carboxylic acids is 1. The lowest BCUT2D eigenvalue weighted by Gasteiger charge is -2.27. The normalized spacial score (nSPS) is 16.2. The van der Waals surface area contributed by atoms with Gasteiger partial charge in [0.05, 0.1) is 12.1 Å². The van der Waals surface area contributed by atoms with Crippen molar-refractivity contribution in [3.8, 4) is 0 Å². The minimum absolute atomic E-state index is 0.0125. The van der Waals surface area contributed by atoms with Crippen LogP contribution in [0.3, 0.4) is 0 Å². The SMILES string of the molecule is CC(C)CC(N)C(=O)NC(C(=O)NC(CC(C)C)C(=O)NC(CC(C)C)C(=O)O)C(C)O. The van der Waals surface area contributed by atoms with Crippen LogP contribution < -0.4 is 21.7 Å².